The number of fused-ring (bicyclic) bond motifs is 5. The summed E-state index contributed by atoms with van der Waals surface area (Å²) in [6.07, 6.45) is 1.76. The van der Waals surface area contributed by atoms with Gasteiger partial charge in [-0.3, -0.25) is 0 Å². The first-order valence-electron chi connectivity index (χ1n) is 15.9. The summed E-state index contributed by atoms with van der Waals surface area (Å²) < 4.78 is 12.5. The van der Waals surface area contributed by atoms with E-state index in [1.807, 2.05) is 13.8 Å². The Hall–Kier alpha value is -0.840. The number of rotatable bonds is 6. The van der Waals surface area contributed by atoms with E-state index in [4.69, 9.17) is 9.47 Å². The minimum atomic E-state index is -1.39. The second-order valence-electron chi connectivity index (χ2n) is 14.9. The zero-order valence-electron chi connectivity index (χ0n) is 25.7. The van der Waals surface area contributed by atoms with E-state index in [-0.39, 0.29) is 52.6 Å². The molecule has 0 aromatic rings. The largest absolute Gasteiger partial charge is 0.393 e. The molecule has 6 N–H and O–H groups in total. The van der Waals surface area contributed by atoms with Gasteiger partial charge in [0.15, 0.2) is 6.29 Å². The summed E-state index contributed by atoms with van der Waals surface area (Å²) in [5.41, 5.74) is 1.96. The monoisotopic (exact) mass is 578 g/mol. The van der Waals surface area contributed by atoms with Crippen molar-refractivity contribution in [1.82, 2.24) is 0 Å². The fraction of sp³-hybridized carbons (Fsp3) is 0.879. The van der Waals surface area contributed by atoms with Gasteiger partial charge in [0.05, 0.1) is 30.5 Å². The van der Waals surface area contributed by atoms with Crippen molar-refractivity contribution in [3.05, 3.63) is 23.3 Å². The van der Waals surface area contributed by atoms with Crippen molar-refractivity contribution in [2.45, 2.75) is 142 Å². The third-order valence-electron chi connectivity index (χ3n) is 12.2. The molecule has 1 heterocycles. The molecule has 4 fully saturated rings. The Labute approximate surface area is 245 Å². The Bertz CT molecular complexity index is 1010. The molecule has 16 atom stereocenters. The van der Waals surface area contributed by atoms with Gasteiger partial charge in [-0.2, -0.15) is 0 Å². The van der Waals surface area contributed by atoms with Gasteiger partial charge in [0.1, 0.15) is 18.3 Å². The summed E-state index contributed by atoms with van der Waals surface area (Å²) in [5.74, 6) is 0.267. The lowest BCUT2D eigenvalue weighted by atomic mass is 9.46. The number of aliphatic hydroxyl groups is 6. The molecule has 5 aliphatic rings. The van der Waals surface area contributed by atoms with Gasteiger partial charge in [-0.05, 0) is 106 Å². The van der Waals surface area contributed by atoms with Crippen LogP contribution in [0.3, 0.4) is 0 Å². The number of hydrogen-bond acceptors (Lipinski definition) is 8. The standard InChI is InChI=1S/C33H54O8/c1-16(2)7-10-23(35)17(3)26-25(41-31-30(39)29(38)28(37)18(4)40-31)14-22-21-9-8-19-13-20(34)11-12-32(19,5)27(21)24(36)15-33(22,26)6/h7-8,17-18,20-31,34-39H,9-15H2,1-6H3/t17-,18+,20+,21+,22+,23+,24-,25+,26+,27-,28+,29-,30-,31+,32+,33+/m1/s1. The Morgan fingerprint density at radius 2 is 1.83 bits per heavy atom. The van der Waals surface area contributed by atoms with Crippen molar-refractivity contribution in [2.75, 3.05) is 0 Å². The highest BCUT2D eigenvalue weighted by molar-refractivity contribution is 5.27. The van der Waals surface area contributed by atoms with Crippen molar-refractivity contribution in [2.24, 2.45) is 40.4 Å². The predicted octanol–water partition coefficient (Wildman–Crippen LogP) is 3.07. The van der Waals surface area contributed by atoms with Crippen molar-refractivity contribution in [1.29, 1.82) is 0 Å². The zero-order chi connectivity index (χ0) is 30.0. The molecule has 41 heavy (non-hydrogen) atoms. The Balaban J connectivity index is 1.49. The van der Waals surface area contributed by atoms with E-state index < -0.39 is 42.9 Å². The summed E-state index contributed by atoms with van der Waals surface area (Å²) in [6, 6.07) is 0. The van der Waals surface area contributed by atoms with E-state index in [9.17, 15) is 30.6 Å². The van der Waals surface area contributed by atoms with Crippen molar-refractivity contribution < 1.29 is 40.1 Å². The number of hydrogen-bond donors (Lipinski definition) is 6. The molecule has 0 unspecified atom stereocenters. The average molecular weight is 579 g/mol. The van der Waals surface area contributed by atoms with Crippen LogP contribution in [-0.2, 0) is 9.47 Å². The first kappa shape index (κ1) is 31.6. The lowest BCUT2D eigenvalue weighted by Crippen LogP contribution is -2.58. The van der Waals surface area contributed by atoms with Gasteiger partial charge in [0, 0.05) is 0 Å². The summed E-state index contributed by atoms with van der Waals surface area (Å²) in [4.78, 5) is 0. The predicted molar refractivity (Wildman–Crippen MR) is 154 cm³/mol. The van der Waals surface area contributed by atoms with Crippen molar-refractivity contribution in [3.63, 3.8) is 0 Å². The maximum atomic E-state index is 11.9. The van der Waals surface area contributed by atoms with Crippen LogP contribution in [0.15, 0.2) is 23.3 Å². The molecule has 1 saturated heterocycles. The normalized spacial score (nSPS) is 51.1. The number of aliphatic hydroxyl groups excluding tert-OH is 6. The first-order chi connectivity index (χ1) is 19.2. The molecule has 234 valence electrons. The van der Waals surface area contributed by atoms with E-state index in [1.165, 1.54) is 5.57 Å². The van der Waals surface area contributed by atoms with Crippen LogP contribution in [0.25, 0.3) is 0 Å². The van der Waals surface area contributed by atoms with Gasteiger partial charge in [-0.15, -0.1) is 0 Å². The van der Waals surface area contributed by atoms with Crippen LogP contribution >= 0.6 is 0 Å². The second kappa shape index (κ2) is 11.6. The van der Waals surface area contributed by atoms with Crippen LogP contribution in [0.1, 0.15) is 86.5 Å². The third kappa shape index (κ3) is 5.39. The number of ether oxygens (including phenoxy) is 2. The van der Waals surface area contributed by atoms with Gasteiger partial charge in [-0.1, -0.05) is 44.1 Å². The maximum absolute atomic E-state index is 11.9. The third-order valence-corrected chi connectivity index (χ3v) is 12.2. The minimum absolute atomic E-state index is 0.0897. The topological polar surface area (TPSA) is 140 Å². The molecule has 0 radical (unpaired) electrons. The van der Waals surface area contributed by atoms with Crippen LogP contribution in [0.2, 0.25) is 0 Å². The van der Waals surface area contributed by atoms with Gasteiger partial charge in [0.25, 0.3) is 0 Å². The molecular formula is C33H54O8. The van der Waals surface area contributed by atoms with Gasteiger partial charge in [-0.25, -0.2) is 0 Å². The molecule has 0 spiro atoms. The summed E-state index contributed by atoms with van der Waals surface area (Å²) in [7, 11) is 0. The molecule has 3 saturated carbocycles. The van der Waals surface area contributed by atoms with Gasteiger partial charge in [0.2, 0.25) is 0 Å². The fourth-order valence-electron chi connectivity index (χ4n) is 9.99. The highest BCUT2D eigenvalue weighted by atomic mass is 16.7. The van der Waals surface area contributed by atoms with E-state index in [0.717, 1.165) is 24.8 Å². The highest BCUT2D eigenvalue weighted by Crippen LogP contribution is 2.68. The Morgan fingerprint density at radius 3 is 2.51 bits per heavy atom. The van der Waals surface area contributed by atoms with Crippen LogP contribution in [-0.4, -0.2) is 85.8 Å². The fourth-order valence-corrected chi connectivity index (χ4v) is 9.99. The lowest BCUT2D eigenvalue weighted by Gasteiger charge is -2.60. The highest BCUT2D eigenvalue weighted by Gasteiger charge is 2.65. The van der Waals surface area contributed by atoms with E-state index in [1.54, 1.807) is 6.92 Å². The minimum Gasteiger partial charge on any atom is -0.393 e. The Morgan fingerprint density at radius 1 is 1.12 bits per heavy atom. The molecule has 4 aliphatic carbocycles. The molecular weight excluding hydrogens is 524 g/mol. The second-order valence-corrected chi connectivity index (χ2v) is 14.9. The summed E-state index contributed by atoms with van der Waals surface area (Å²) in [5, 5.41) is 65.3. The molecule has 0 aromatic heterocycles. The van der Waals surface area contributed by atoms with Crippen LogP contribution in [0.5, 0.6) is 0 Å². The van der Waals surface area contributed by atoms with Gasteiger partial charge >= 0.3 is 0 Å². The summed E-state index contributed by atoms with van der Waals surface area (Å²) >= 11 is 0. The zero-order valence-corrected chi connectivity index (χ0v) is 25.7. The molecule has 8 nitrogen and oxygen atoms in total. The lowest BCUT2D eigenvalue weighted by molar-refractivity contribution is -0.309. The van der Waals surface area contributed by atoms with Crippen LogP contribution < -0.4 is 0 Å². The Kier molecular flexibility index (Phi) is 8.92. The molecule has 1 aliphatic heterocycles. The van der Waals surface area contributed by atoms with Gasteiger partial charge < -0.3 is 40.1 Å². The average Bonchev–Trinajstić information content (AvgIpc) is 3.19. The van der Waals surface area contributed by atoms with Crippen LogP contribution in [0.4, 0.5) is 0 Å². The van der Waals surface area contributed by atoms with E-state index in [0.29, 0.717) is 25.7 Å². The quantitative estimate of drug-likeness (QED) is 0.264. The van der Waals surface area contributed by atoms with Crippen molar-refractivity contribution in [3.8, 4) is 0 Å². The van der Waals surface area contributed by atoms with Crippen LogP contribution in [0, 0.1) is 40.4 Å². The molecule has 0 amide bonds. The molecule has 0 aromatic carbocycles. The maximum Gasteiger partial charge on any atom is 0.186 e. The van der Waals surface area contributed by atoms with E-state index >= 15 is 0 Å². The number of allylic oxidation sites excluding steroid dienone is 2. The summed E-state index contributed by atoms with van der Waals surface area (Å²) in [6.45, 7) is 12.3. The molecule has 5 rings (SSSR count). The smallest absolute Gasteiger partial charge is 0.186 e. The van der Waals surface area contributed by atoms with E-state index in [2.05, 4.69) is 32.9 Å². The SMILES string of the molecule is CC(C)=CC[C@H](O)[C@@H](C)[C@H]1[C@@H](O[C@@H]2O[C@@H](C)[C@H](O)[C@@H](O)[C@H]2O)C[C@H]2[C@@H]3CC=C4C[C@@H](O)CC[C@]4(C)[C@H]3[C@H](O)C[C@]12C. The molecule has 0 bridgehead atoms. The first-order valence-corrected chi connectivity index (χ1v) is 15.9. The van der Waals surface area contributed by atoms with Crippen molar-refractivity contribution >= 4 is 0 Å². The molecule has 8 heteroatoms.